The summed E-state index contributed by atoms with van der Waals surface area (Å²) in [7, 11) is 1.66. The number of aryl methyl sites for hydroxylation is 1. The fourth-order valence-electron chi connectivity index (χ4n) is 1.68. The van der Waals surface area contributed by atoms with Crippen molar-refractivity contribution in [1.82, 2.24) is 9.97 Å². The lowest BCUT2D eigenvalue weighted by molar-refractivity contribution is 0.410. The van der Waals surface area contributed by atoms with Crippen LogP contribution in [0.3, 0.4) is 0 Å². The highest BCUT2D eigenvalue weighted by Crippen LogP contribution is 2.22. The van der Waals surface area contributed by atoms with E-state index < -0.39 is 0 Å². The lowest BCUT2D eigenvalue weighted by Gasteiger charge is -2.08. The Morgan fingerprint density at radius 3 is 2.67 bits per heavy atom. The maximum Gasteiger partial charge on any atom is 0.146 e. The van der Waals surface area contributed by atoms with Crippen molar-refractivity contribution in [1.29, 1.82) is 0 Å². The topological polar surface area (TPSA) is 35.0 Å². The van der Waals surface area contributed by atoms with Gasteiger partial charge in [0.25, 0.3) is 0 Å². The van der Waals surface area contributed by atoms with Crippen LogP contribution in [0.15, 0.2) is 24.3 Å². The summed E-state index contributed by atoms with van der Waals surface area (Å²) in [6.07, 6.45) is 0.613. The van der Waals surface area contributed by atoms with Gasteiger partial charge in [-0.05, 0) is 35.6 Å². The first kappa shape index (κ1) is 13.5. The molecule has 94 valence electrons. The van der Waals surface area contributed by atoms with Crippen molar-refractivity contribution in [3.05, 3.63) is 50.1 Å². The molecule has 1 aromatic carbocycles. The van der Waals surface area contributed by atoms with Gasteiger partial charge in [-0.15, -0.1) is 0 Å². The van der Waals surface area contributed by atoms with Gasteiger partial charge >= 0.3 is 0 Å². The largest absolute Gasteiger partial charge is 0.496 e. The number of hydrogen-bond donors (Lipinski definition) is 0. The molecule has 2 aromatic rings. The van der Waals surface area contributed by atoms with E-state index >= 15 is 0 Å². The van der Waals surface area contributed by atoms with Gasteiger partial charge in [0.1, 0.15) is 16.7 Å². The minimum atomic E-state index is 0.507. The number of benzene rings is 1. The van der Waals surface area contributed by atoms with Crippen LogP contribution in [0.25, 0.3) is 0 Å². The number of ether oxygens (including phenoxy) is 1. The highest BCUT2D eigenvalue weighted by Gasteiger charge is 2.10. The molecule has 5 heteroatoms. The summed E-state index contributed by atoms with van der Waals surface area (Å²) in [5.74, 6) is 1.55. The molecule has 2 rings (SSSR count). The first-order valence-electron chi connectivity index (χ1n) is 5.42. The van der Waals surface area contributed by atoms with Crippen LogP contribution in [0.5, 0.6) is 5.75 Å². The van der Waals surface area contributed by atoms with E-state index in [0.29, 0.717) is 17.4 Å². The van der Waals surface area contributed by atoms with Gasteiger partial charge in [0.2, 0.25) is 0 Å². The van der Waals surface area contributed by atoms with E-state index in [1.54, 1.807) is 7.11 Å². The van der Waals surface area contributed by atoms with Gasteiger partial charge in [-0.1, -0.05) is 29.8 Å². The summed E-state index contributed by atoms with van der Waals surface area (Å²) in [5.41, 5.74) is 1.96. The zero-order valence-electron chi connectivity index (χ0n) is 10.1. The zero-order chi connectivity index (χ0) is 13.1. The molecule has 0 radical (unpaired) electrons. The zero-order valence-corrected chi connectivity index (χ0v) is 13.0. The van der Waals surface area contributed by atoms with Crippen LogP contribution in [-0.4, -0.2) is 17.1 Å². The van der Waals surface area contributed by atoms with Gasteiger partial charge in [0.15, 0.2) is 0 Å². The minimum absolute atomic E-state index is 0.507. The van der Waals surface area contributed by atoms with Crippen molar-refractivity contribution in [2.24, 2.45) is 0 Å². The van der Waals surface area contributed by atoms with Gasteiger partial charge in [-0.2, -0.15) is 0 Å². The molecule has 1 aromatic heterocycles. The van der Waals surface area contributed by atoms with Crippen molar-refractivity contribution in [3.8, 4) is 5.75 Å². The van der Waals surface area contributed by atoms with Crippen LogP contribution in [-0.2, 0) is 6.42 Å². The Morgan fingerprint density at radius 1 is 1.28 bits per heavy atom. The second kappa shape index (κ2) is 5.84. The first-order chi connectivity index (χ1) is 8.61. The van der Waals surface area contributed by atoms with Gasteiger partial charge in [0, 0.05) is 12.0 Å². The Hall–Kier alpha value is -0.880. The molecular formula is C13H12ClIN2O. The third-order valence-corrected chi connectivity index (χ3v) is 4.45. The van der Waals surface area contributed by atoms with E-state index in [1.165, 1.54) is 0 Å². The third kappa shape index (κ3) is 2.92. The van der Waals surface area contributed by atoms with Crippen LogP contribution in [0.1, 0.15) is 17.1 Å². The number of rotatable bonds is 3. The number of para-hydroxylation sites is 1. The number of hydrogen-bond acceptors (Lipinski definition) is 3. The van der Waals surface area contributed by atoms with Crippen LogP contribution in [0.4, 0.5) is 0 Å². The maximum absolute atomic E-state index is 6.07. The van der Waals surface area contributed by atoms with E-state index in [1.807, 2.05) is 31.2 Å². The molecule has 0 unspecified atom stereocenters. The molecule has 0 aliphatic carbocycles. The maximum atomic E-state index is 6.07. The van der Waals surface area contributed by atoms with E-state index in [4.69, 9.17) is 16.3 Å². The van der Waals surface area contributed by atoms with Gasteiger partial charge in [-0.25, -0.2) is 9.97 Å². The number of nitrogens with zero attached hydrogens (tertiary/aromatic N) is 2. The van der Waals surface area contributed by atoms with Crippen molar-refractivity contribution in [3.63, 3.8) is 0 Å². The number of halogens is 2. The highest BCUT2D eigenvalue weighted by molar-refractivity contribution is 14.1. The predicted molar refractivity (Wildman–Crippen MR) is 80.3 cm³/mol. The molecule has 1 heterocycles. The summed E-state index contributed by atoms with van der Waals surface area (Å²) < 4.78 is 6.21. The number of methoxy groups -OCH3 is 1. The Balaban J connectivity index is 2.34. The average molecular weight is 375 g/mol. The predicted octanol–water partition coefficient (Wildman–Crippen LogP) is 3.64. The minimum Gasteiger partial charge on any atom is -0.496 e. The van der Waals surface area contributed by atoms with E-state index in [0.717, 1.165) is 20.6 Å². The lowest BCUT2D eigenvalue weighted by Crippen LogP contribution is -2.02. The van der Waals surface area contributed by atoms with Gasteiger partial charge in [0.05, 0.1) is 16.4 Å². The molecule has 3 nitrogen and oxygen atoms in total. The summed E-state index contributed by atoms with van der Waals surface area (Å²) >= 11 is 8.22. The first-order valence-corrected chi connectivity index (χ1v) is 6.88. The van der Waals surface area contributed by atoms with Crippen molar-refractivity contribution >= 4 is 34.2 Å². The van der Waals surface area contributed by atoms with Crippen LogP contribution in [0, 0.1) is 10.5 Å². The molecule has 0 aliphatic heterocycles. The standard InChI is InChI=1S/C13H12ClIN2O/c1-8-12(15)13(14)17-11(16-8)7-9-5-3-4-6-10(9)18-2/h3-6H,7H2,1-2H3. The van der Waals surface area contributed by atoms with Crippen molar-refractivity contribution < 1.29 is 4.74 Å². The van der Waals surface area contributed by atoms with Gasteiger partial charge in [-0.3, -0.25) is 0 Å². The van der Waals surface area contributed by atoms with Crippen LogP contribution in [0.2, 0.25) is 5.15 Å². The second-order valence-corrected chi connectivity index (χ2v) is 5.26. The Bertz CT molecular complexity index is 552. The SMILES string of the molecule is COc1ccccc1Cc1nc(C)c(I)c(Cl)n1. The molecule has 0 aliphatic rings. The molecular weight excluding hydrogens is 363 g/mol. The van der Waals surface area contributed by atoms with Crippen molar-refractivity contribution in [2.45, 2.75) is 13.3 Å². The normalized spacial score (nSPS) is 10.4. The van der Waals surface area contributed by atoms with E-state index in [-0.39, 0.29) is 0 Å². The molecule has 0 bridgehead atoms. The monoisotopic (exact) mass is 374 g/mol. The molecule has 0 spiro atoms. The van der Waals surface area contributed by atoms with Gasteiger partial charge < -0.3 is 4.74 Å². The Kier molecular flexibility index (Phi) is 4.40. The Morgan fingerprint density at radius 2 is 2.00 bits per heavy atom. The molecule has 0 amide bonds. The van der Waals surface area contributed by atoms with E-state index in [9.17, 15) is 0 Å². The molecule has 0 N–H and O–H groups in total. The molecule has 0 saturated carbocycles. The summed E-state index contributed by atoms with van der Waals surface area (Å²) in [6.45, 7) is 1.93. The third-order valence-electron chi connectivity index (χ3n) is 2.56. The van der Waals surface area contributed by atoms with E-state index in [2.05, 4.69) is 32.6 Å². The average Bonchev–Trinajstić information content (AvgIpc) is 2.36. The van der Waals surface area contributed by atoms with Crippen molar-refractivity contribution in [2.75, 3.05) is 7.11 Å². The summed E-state index contributed by atoms with van der Waals surface area (Å²) in [6, 6.07) is 7.84. The molecule has 0 fully saturated rings. The van der Waals surface area contributed by atoms with Crippen LogP contribution >= 0.6 is 34.2 Å². The lowest BCUT2D eigenvalue weighted by atomic mass is 10.1. The molecule has 0 atom stereocenters. The second-order valence-electron chi connectivity index (χ2n) is 3.82. The Labute approximate surface area is 125 Å². The van der Waals surface area contributed by atoms with Crippen LogP contribution < -0.4 is 4.74 Å². The summed E-state index contributed by atoms with van der Waals surface area (Å²) in [5, 5.41) is 0.507. The fraction of sp³-hybridized carbons (Fsp3) is 0.231. The molecule has 18 heavy (non-hydrogen) atoms. The fourth-order valence-corrected chi connectivity index (χ4v) is 2.15. The summed E-state index contributed by atoms with van der Waals surface area (Å²) in [4.78, 5) is 8.74. The number of aromatic nitrogens is 2. The highest BCUT2D eigenvalue weighted by atomic mass is 127. The molecule has 0 saturated heterocycles. The smallest absolute Gasteiger partial charge is 0.146 e. The quantitative estimate of drug-likeness (QED) is 0.608.